The van der Waals surface area contributed by atoms with Gasteiger partial charge in [-0.3, -0.25) is 4.90 Å². The second-order valence-corrected chi connectivity index (χ2v) is 5.80. The molecule has 0 aromatic carbocycles. The van der Waals surface area contributed by atoms with E-state index in [1.165, 1.54) is 0 Å². The van der Waals surface area contributed by atoms with E-state index in [1.54, 1.807) is 0 Å². The van der Waals surface area contributed by atoms with Crippen LogP contribution in [0.4, 0.5) is 0 Å². The molecule has 0 aromatic rings. The van der Waals surface area contributed by atoms with Gasteiger partial charge in [-0.25, -0.2) is 0 Å². The molecular formula is C14H26N2O. The van der Waals surface area contributed by atoms with E-state index in [0.29, 0.717) is 12.1 Å². The zero-order chi connectivity index (χ0) is 12.9. The topological polar surface area (TPSA) is 36.3 Å². The average molecular weight is 238 g/mol. The summed E-state index contributed by atoms with van der Waals surface area (Å²) in [4.78, 5) is 2.53. The Balaban J connectivity index is 2.36. The number of morpholine rings is 1. The molecule has 1 aliphatic rings. The molecule has 0 radical (unpaired) electrons. The van der Waals surface area contributed by atoms with Gasteiger partial charge in [0, 0.05) is 12.6 Å². The van der Waals surface area contributed by atoms with Gasteiger partial charge < -0.3 is 4.74 Å². The number of hydrogen-bond donors (Lipinski definition) is 0. The lowest BCUT2D eigenvalue weighted by Crippen LogP contribution is -2.48. The van der Waals surface area contributed by atoms with Crippen LogP contribution in [-0.4, -0.2) is 36.7 Å². The van der Waals surface area contributed by atoms with Crippen LogP contribution in [0.25, 0.3) is 0 Å². The predicted molar refractivity (Wildman–Crippen MR) is 69.7 cm³/mol. The van der Waals surface area contributed by atoms with Gasteiger partial charge >= 0.3 is 0 Å². The van der Waals surface area contributed by atoms with Gasteiger partial charge in [0.15, 0.2) is 0 Å². The smallest absolute Gasteiger partial charge is 0.0683 e. The highest BCUT2D eigenvalue weighted by molar-refractivity contribution is 4.91. The van der Waals surface area contributed by atoms with Crippen molar-refractivity contribution in [1.29, 1.82) is 5.26 Å². The highest BCUT2D eigenvalue weighted by atomic mass is 16.5. The first kappa shape index (κ1) is 14.5. The summed E-state index contributed by atoms with van der Waals surface area (Å²) in [6.45, 7) is 11.4. The summed E-state index contributed by atoms with van der Waals surface area (Å²) < 4.78 is 5.69. The fraction of sp³-hybridized carbons (Fsp3) is 0.929. The molecule has 0 saturated carbocycles. The summed E-state index contributed by atoms with van der Waals surface area (Å²) in [6, 6.07) is 2.94. The Morgan fingerprint density at radius 3 is 2.76 bits per heavy atom. The Morgan fingerprint density at radius 2 is 2.18 bits per heavy atom. The van der Waals surface area contributed by atoms with E-state index >= 15 is 0 Å². The zero-order valence-corrected chi connectivity index (χ0v) is 11.7. The van der Waals surface area contributed by atoms with E-state index < -0.39 is 0 Å². The maximum Gasteiger partial charge on any atom is 0.0683 e. The van der Waals surface area contributed by atoms with Crippen molar-refractivity contribution in [3.05, 3.63) is 0 Å². The summed E-state index contributed by atoms with van der Waals surface area (Å²) in [5.41, 5.74) is -0.181. The maximum absolute atomic E-state index is 8.99. The highest BCUT2D eigenvalue weighted by Crippen LogP contribution is 2.22. The van der Waals surface area contributed by atoms with Crippen molar-refractivity contribution >= 4 is 0 Å². The largest absolute Gasteiger partial charge is 0.376 e. The zero-order valence-electron chi connectivity index (χ0n) is 11.7. The lowest BCUT2D eigenvalue weighted by atomic mass is 9.89. The normalized spacial score (nSPS) is 26.8. The number of ether oxygens (including phenoxy) is 1. The molecule has 0 N–H and O–H groups in total. The minimum absolute atomic E-state index is 0.181. The third-order valence-electron chi connectivity index (χ3n) is 3.60. The van der Waals surface area contributed by atoms with Crippen molar-refractivity contribution in [1.82, 2.24) is 4.90 Å². The Bertz CT molecular complexity index is 270. The van der Waals surface area contributed by atoms with E-state index in [1.807, 2.05) is 13.8 Å². The van der Waals surface area contributed by atoms with Crippen LogP contribution >= 0.6 is 0 Å². The fourth-order valence-electron chi connectivity index (χ4n) is 2.34. The van der Waals surface area contributed by atoms with E-state index in [-0.39, 0.29) is 5.41 Å². The molecule has 0 bridgehead atoms. The summed E-state index contributed by atoms with van der Waals surface area (Å²) in [5, 5.41) is 8.99. The van der Waals surface area contributed by atoms with Crippen LogP contribution in [0.1, 0.15) is 47.0 Å². The van der Waals surface area contributed by atoms with Crippen LogP contribution in [-0.2, 0) is 4.74 Å². The molecule has 1 aliphatic heterocycles. The lowest BCUT2D eigenvalue weighted by molar-refractivity contribution is -0.0564. The minimum Gasteiger partial charge on any atom is -0.376 e. The molecular weight excluding hydrogens is 212 g/mol. The fourth-order valence-corrected chi connectivity index (χ4v) is 2.34. The van der Waals surface area contributed by atoms with Gasteiger partial charge in [0.1, 0.15) is 0 Å². The molecule has 17 heavy (non-hydrogen) atoms. The molecule has 2 unspecified atom stereocenters. The van der Waals surface area contributed by atoms with Crippen molar-refractivity contribution in [3.63, 3.8) is 0 Å². The van der Waals surface area contributed by atoms with Crippen molar-refractivity contribution in [3.8, 4) is 6.07 Å². The van der Waals surface area contributed by atoms with E-state index in [4.69, 9.17) is 10.00 Å². The second-order valence-electron chi connectivity index (χ2n) is 5.80. The quantitative estimate of drug-likeness (QED) is 0.739. The highest BCUT2D eigenvalue weighted by Gasteiger charge is 2.25. The Labute approximate surface area is 106 Å². The molecule has 1 rings (SSSR count). The molecule has 0 spiro atoms. The summed E-state index contributed by atoms with van der Waals surface area (Å²) in [7, 11) is 0. The van der Waals surface area contributed by atoms with Crippen molar-refractivity contribution in [2.75, 3.05) is 19.7 Å². The van der Waals surface area contributed by atoms with Crippen LogP contribution in [0.15, 0.2) is 0 Å². The van der Waals surface area contributed by atoms with Gasteiger partial charge in [0.05, 0.1) is 24.2 Å². The third kappa shape index (κ3) is 4.65. The summed E-state index contributed by atoms with van der Waals surface area (Å²) >= 11 is 0. The van der Waals surface area contributed by atoms with Gasteiger partial charge in [-0.2, -0.15) is 5.26 Å². The molecule has 0 aromatic heterocycles. The van der Waals surface area contributed by atoms with Crippen LogP contribution < -0.4 is 0 Å². The van der Waals surface area contributed by atoms with Gasteiger partial charge in [0.25, 0.3) is 0 Å². The molecule has 0 aliphatic carbocycles. The summed E-state index contributed by atoms with van der Waals surface area (Å²) in [5.74, 6) is 0. The maximum atomic E-state index is 8.99. The monoisotopic (exact) mass is 238 g/mol. The molecule has 0 amide bonds. The standard InChI is InChI=1S/C14H26N2O/c1-5-13-10-17-12(2)9-16(13)8-6-7-14(3,4)11-15/h12-13H,5-10H2,1-4H3. The number of hydrogen-bond acceptors (Lipinski definition) is 3. The predicted octanol–water partition coefficient (Wildman–Crippen LogP) is 2.82. The Hall–Kier alpha value is -0.590. The third-order valence-corrected chi connectivity index (χ3v) is 3.60. The molecule has 1 fully saturated rings. The molecule has 1 saturated heterocycles. The minimum atomic E-state index is -0.181. The molecule has 3 heteroatoms. The van der Waals surface area contributed by atoms with Crippen LogP contribution in [0.3, 0.4) is 0 Å². The van der Waals surface area contributed by atoms with E-state index in [9.17, 15) is 0 Å². The van der Waals surface area contributed by atoms with E-state index in [0.717, 1.165) is 39.0 Å². The van der Waals surface area contributed by atoms with Gasteiger partial charge in [0.2, 0.25) is 0 Å². The number of rotatable bonds is 5. The van der Waals surface area contributed by atoms with Crippen molar-refractivity contribution in [2.45, 2.75) is 59.1 Å². The van der Waals surface area contributed by atoms with Crippen LogP contribution in [0, 0.1) is 16.7 Å². The first-order chi connectivity index (χ1) is 7.98. The molecule has 1 heterocycles. The van der Waals surface area contributed by atoms with Crippen molar-refractivity contribution < 1.29 is 4.74 Å². The molecule has 98 valence electrons. The van der Waals surface area contributed by atoms with Gasteiger partial charge in [-0.15, -0.1) is 0 Å². The lowest BCUT2D eigenvalue weighted by Gasteiger charge is -2.38. The average Bonchev–Trinajstić information content (AvgIpc) is 2.29. The van der Waals surface area contributed by atoms with E-state index in [2.05, 4.69) is 24.8 Å². The first-order valence-corrected chi connectivity index (χ1v) is 6.75. The number of nitriles is 1. The van der Waals surface area contributed by atoms with Crippen molar-refractivity contribution in [2.24, 2.45) is 5.41 Å². The molecule has 3 nitrogen and oxygen atoms in total. The number of nitrogens with zero attached hydrogens (tertiary/aromatic N) is 2. The van der Waals surface area contributed by atoms with Gasteiger partial charge in [-0.1, -0.05) is 6.92 Å². The SMILES string of the molecule is CCC1COC(C)CN1CCCC(C)(C)C#N. The second kappa shape index (κ2) is 6.37. The Kier molecular flexibility index (Phi) is 5.42. The summed E-state index contributed by atoms with van der Waals surface area (Å²) in [6.07, 6.45) is 3.57. The van der Waals surface area contributed by atoms with Crippen LogP contribution in [0.2, 0.25) is 0 Å². The molecule has 2 atom stereocenters. The van der Waals surface area contributed by atoms with Crippen LogP contribution in [0.5, 0.6) is 0 Å². The first-order valence-electron chi connectivity index (χ1n) is 6.75. The van der Waals surface area contributed by atoms with Gasteiger partial charge in [-0.05, 0) is 46.6 Å². The Morgan fingerprint density at radius 1 is 1.47 bits per heavy atom.